The number of rotatable bonds is 8. The molecule has 13 heteroatoms. The van der Waals surface area contributed by atoms with Crippen LogP contribution in [-0.4, -0.2) is 73.9 Å². The van der Waals surface area contributed by atoms with Crippen LogP contribution in [0.2, 0.25) is 0 Å². The molecular weight excluding hydrogens is 530 g/mol. The number of nitrogens with one attached hydrogen (secondary N) is 2. The fourth-order valence-electron chi connectivity index (χ4n) is 5.27. The number of aliphatic hydroxyl groups is 1. The van der Waals surface area contributed by atoms with Gasteiger partial charge in [0.15, 0.2) is 0 Å². The first kappa shape index (κ1) is 27.5. The van der Waals surface area contributed by atoms with Gasteiger partial charge in [-0.3, -0.25) is 9.52 Å². The van der Waals surface area contributed by atoms with Gasteiger partial charge in [-0.25, -0.2) is 27.2 Å². The van der Waals surface area contributed by atoms with Gasteiger partial charge in [0.25, 0.3) is 11.8 Å². The number of amides is 1. The normalized spacial score (nSPS) is 20.1. The second kappa shape index (κ2) is 10.5. The van der Waals surface area contributed by atoms with Crippen LogP contribution in [-0.2, 0) is 10.0 Å². The number of halogens is 2. The number of piperidine rings is 2. The zero-order valence-corrected chi connectivity index (χ0v) is 22.7. The summed E-state index contributed by atoms with van der Waals surface area (Å²) in [4.78, 5) is 25.9. The number of aromatic nitrogens is 2. The molecule has 1 saturated carbocycles. The van der Waals surface area contributed by atoms with E-state index in [-0.39, 0.29) is 31.8 Å². The van der Waals surface area contributed by atoms with Gasteiger partial charge in [-0.15, -0.1) is 0 Å². The summed E-state index contributed by atoms with van der Waals surface area (Å²) in [6, 6.07) is 6.55. The maximum absolute atomic E-state index is 13.6. The lowest BCUT2D eigenvalue weighted by Crippen LogP contribution is -2.40. The maximum Gasteiger partial charge on any atom is 0.293 e. The summed E-state index contributed by atoms with van der Waals surface area (Å²) >= 11 is 0. The van der Waals surface area contributed by atoms with Gasteiger partial charge < -0.3 is 20.2 Å². The van der Waals surface area contributed by atoms with Gasteiger partial charge in [-0.1, -0.05) is 0 Å². The molecule has 1 spiro atoms. The average Bonchev–Trinajstić information content (AvgIpc) is 3.63. The van der Waals surface area contributed by atoms with Crippen molar-refractivity contribution >= 4 is 38.8 Å². The van der Waals surface area contributed by atoms with E-state index in [0.29, 0.717) is 34.0 Å². The third-order valence-corrected chi connectivity index (χ3v) is 9.13. The van der Waals surface area contributed by atoms with Crippen LogP contribution in [0, 0.1) is 12.3 Å². The smallest absolute Gasteiger partial charge is 0.293 e. The lowest BCUT2D eigenvalue weighted by Gasteiger charge is -2.35. The Morgan fingerprint density at radius 2 is 1.67 bits per heavy atom. The highest BCUT2D eigenvalue weighted by atomic mass is 32.2. The van der Waals surface area contributed by atoms with Crippen molar-refractivity contribution < 1.29 is 27.1 Å². The quantitative estimate of drug-likeness (QED) is 0.445. The Morgan fingerprint density at radius 3 is 2.31 bits per heavy atom. The lowest BCUT2D eigenvalue weighted by atomic mass is 9.93. The molecule has 1 amide bonds. The first-order chi connectivity index (χ1) is 18.5. The fourth-order valence-corrected chi connectivity index (χ4v) is 6.10. The number of sulfonamides is 1. The topological polar surface area (TPSA) is 128 Å². The number of alkyl halides is 2. The summed E-state index contributed by atoms with van der Waals surface area (Å²) in [6.07, 6.45) is 3.97. The minimum atomic E-state index is -3.72. The molecule has 2 aromatic rings. The van der Waals surface area contributed by atoms with Crippen LogP contribution in [0.3, 0.4) is 0 Å². The van der Waals surface area contributed by atoms with Gasteiger partial charge in [0, 0.05) is 50.8 Å². The van der Waals surface area contributed by atoms with Crippen molar-refractivity contribution in [1.82, 2.24) is 9.97 Å². The molecule has 3 fully saturated rings. The maximum atomic E-state index is 13.6. The largest absolute Gasteiger partial charge is 0.395 e. The van der Waals surface area contributed by atoms with Crippen molar-refractivity contribution in [2.75, 3.05) is 58.4 Å². The molecule has 0 radical (unpaired) electrons. The molecule has 10 nitrogen and oxygen atoms in total. The van der Waals surface area contributed by atoms with Gasteiger partial charge in [-0.05, 0) is 56.2 Å². The molecule has 3 N–H and O–H groups in total. The van der Waals surface area contributed by atoms with Gasteiger partial charge in [0.2, 0.25) is 15.8 Å². The zero-order chi connectivity index (χ0) is 27.8. The van der Waals surface area contributed by atoms with Crippen LogP contribution in [0.25, 0.3) is 0 Å². The molecule has 3 heterocycles. The van der Waals surface area contributed by atoms with Gasteiger partial charge in [-0.2, -0.15) is 0 Å². The highest BCUT2D eigenvalue weighted by Gasteiger charge is 2.44. The zero-order valence-electron chi connectivity index (χ0n) is 21.9. The van der Waals surface area contributed by atoms with E-state index in [9.17, 15) is 22.0 Å². The average molecular weight is 565 g/mol. The number of nitrogens with zero attached hydrogens (tertiary/aromatic N) is 4. The van der Waals surface area contributed by atoms with Crippen molar-refractivity contribution in [2.45, 2.75) is 51.4 Å². The van der Waals surface area contributed by atoms with E-state index in [4.69, 9.17) is 5.11 Å². The lowest BCUT2D eigenvalue weighted by molar-refractivity contribution is -0.0221. The predicted octanol–water partition coefficient (Wildman–Crippen LogP) is 3.39. The number of carbonyl (C=O) groups is 1. The standard InChI is InChI=1S/C26H34F2N6O4S/c1-18-16-22(34-12-8-26(27,28)9-13-34)31-23(29-18)24(36)30-20-3-2-19(32-39(37,38)15-14-35)17-21(20)33-10-6-25(4-5-25)7-11-33/h2-3,16-17,32,35H,4-15H2,1H3,(H,30,36). The summed E-state index contributed by atoms with van der Waals surface area (Å²) < 4.78 is 54.3. The van der Waals surface area contributed by atoms with Crippen LogP contribution in [0.4, 0.5) is 31.7 Å². The van der Waals surface area contributed by atoms with E-state index in [1.165, 1.54) is 12.8 Å². The Labute approximate surface area is 226 Å². The Bertz CT molecular complexity index is 1330. The van der Waals surface area contributed by atoms with Crippen molar-refractivity contribution in [3.05, 3.63) is 35.8 Å². The van der Waals surface area contributed by atoms with Crippen LogP contribution in [0.5, 0.6) is 0 Å². The Hall–Kier alpha value is -3.06. The van der Waals surface area contributed by atoms with E-state index in [2.05, 4.69) is 24.9 Å². The van der Waals surface area contributed by atoms with Gasteiger partial charge in [0.05, 0.1) is 29.4 Å². The number of aliphatic hydroxyl groups excluding tert-OH is 1. The Kier molecular flexibility index (Phi) is 7.40. The number of hydrogen-bond acceptors (Lipinski definition) is 8. The van der Waals surface area contributed by atoms with E-state index in [1.807, 2.05) is 0 Å². The predicted molar refractivity (Wildman–Crippen MR) is 145 cm³/mol. The van der Waals surface area contributed by atoms with Crippen LogP contribution in [0.1, 0.15) is 54.8 Å². The number of hydrogen-bond donors (Lipinski definition) is 3. The summed E-state index contributed by atoms with van der Waals surface area (Å²) in [5.74, 6) is -3.30. The molecule has 39 heavy (non-hydrogen) atoms. The minimum absolute atomic E-state index is 0.0726. The second-order valence-corrected chi connectivity index (χ2v) is 12.7. The highest BCUT2D eigenvalue weighted by Crippen LogP contribution is 2.54. The Balaban J connectivity index is 1.38. The van der Waals surface area contributed by atoms with Crippen LogP contribution in [0.15, 0.2) is 24.3 Å². The summed E-state index contributed by atoms with van der Waals surface area (Å²) in [7, 11) is -3.72. The van der Waals surface area contributed by atoms with Crippen LogP contribution < -0.4 is 19.8 Å². The third-order valence-electron chi connectivity index (χ3n) is 7.86. The Morgan fingerprint density at radius 1 is 1.00 bits per heavy atom. The summed E-state index contributed by atoms with van der Waals surface area (Å²) in [5.41, 5.74) is 2.46. The van der Waals surface area contributed by atoms with Crippen molar-refractivity contribution in [2.24, 2.45) is 5.41 Å². The van der Waals surface area contributed by atoms with Crippen molar-refractivity contribution in [3.8, 4) is 0 Å². The molecule has 0 atom stereocenters. The third kappa shape index (κ3) is 6.57. The second-order valence-electron chi connectivity index (χ2n) is 10.9. The number of anilines is 4. The van der Waals surface area contributed by atoms with Crippen molar-refractivity contribution in [3.63, 3.8) is 0 Å². The molecule has 1 aromatic heterocycles. The monoisotopic (exact) mass is 564 g/mol. The first-order valence-electron chi connectivity index (χ1n) is 13.3. The highest BCUT2D eigenvalue weighted by molar-refractivity contribution is 7.92. The van der Waals surface area contributed by atoms with E-state index in [1.54, 1.807) is 36.1 Å². The van der Waals surface area contributed by atoms with Crippen molar-refractivity contribution in [1.29, 1.82) is 0 Å². The minimum Gasteiger partial charge on any atom is -0.395 e. The summed E-state index contributed by atoms with van der Waals surface area (Å²) in [6.45, 7) is 3.06. The van der Waals surface area contributed by atoms with E-state index < -0.39 is 34.2 Å². The van der Waals surface area contributed by atoms with Gasteiger partial charge in [0.1, 0.15) is 5.82 Å². The molecule has 1 aromatic carbocycles. The number of benzene rings is 1. The molecule has 2 saturated heterocycles. The fraction of sp³-hybridized carbons (Fsp3) is 0.577. The molecule has 0 unspecified atom stereocenters. The molecule has 212 valence electrons. The van der Waals surface area contributed by atoms with Crippen LogP contribution >= 0.6 is 0 Å². The van der Waals surface area contributed by atoms with E-state index in [0.717, 1.165) is 25.9 Å². The summed E-state index contributed by atoms with van der Waals surface area (Å²) in [5, 5.41) is 12.0. The number of carbonyl (C=O) groups excluding carboxylic acids is 1. The molecule has 3 aliphatic rings. The van der Waals surface area contributed by atoms with E-state index >= 15 is 0 Å². The number of aryl methyl sites for hydroxylation is 1. The molecule has 0 bridgehead atoms. The SMILES string of the molecule is Cc1cc(N2CCC(F)(F)CC2)nc(C(=O)Nc2ccc(NS(=O)(=O)CCO)cc2N2CCC3(CC2)CC3)n1. The molecular formula is C26H34F2N6O4S. The first-order valence-corrected chi connectivity index (χ1v) is 14.9. The molecule has 5 rings (SSSR count). The molecule has 1 aliphatic carbocycles. The molecule has 2 aliphatic heterocycles. The van der Waals surface area contributed by atoms with Gasteiger partial charge >= 0.3 is 0 Å².